The molecule has 0 atom stereocenters. The molecule has 0 bridgehead atoms. The fraction of sp³-hybridized carbons (Fsp3) is 0.333. The molecule has 1 aliphatic heterocycles. The van der Waals surface area contributed by atoms with E-state index in [9.17, 15) is 0 Å². The van der Waals surface area contributed by atoms with Gasteiger partial charge in [-0.1, -0.05) is 0 Å². The summed E-state index contributed by atoms with van der Waals surface area (Å²) in [4.78, 5) is 4.72. The Hall–Kier alpha value is -0.740. The van der Waals surface area contributed by atoms with Crippen LogP contribution < -0.4 is 11.2 Å². The summed E-state index contributed by atoms with van der Waals surface area (Å²) < 4.78 is 0. The van der Waals surface area contributed by atoms with Crippen molar-refractivity contribution < 1.29 is 4.84 Å². The molecule has 0 amide bonds. The zero-order valence-electron chi connectivity index (χ0n) is 3.79. The van der Waals surface area contributed by atoms with Crippen LogP contribution in [0.2, 0.25) is 0 Å². The Morgan fingerprint density at radius 2 is 2.71 bits per heavy atom. The van der Waals surface area contributed by atoms with Gasteiger partial charge in [-0.15, -0.1) is 0 Å². The average molecular weight is 101 g/mol. The third kappa shape index (κ3) is 0.819. The molecule has 0 saturated heterocycles. The summed E-state index contributed by atoms with van der Waals surface area (Å²) in [7, 11) is 0. The van der Waals surface area contributed by atoms with Gasteiger partial charge in [0.2, 0.25) is 0 Å². The smallest absolute Gasteiger partial charge is 0.131 e. The molecule has 40 valence electrons. The minimum Gasteiger partial charge on any atom is -0.391 e. The fourth-order valence-corrected chi connectivity index (χ4v) is 0.344. The van der Waals surface area contributed by atoms with Crippen molar-refractivity contribution in [3.05, 3.63) is 12.5 Å². The highest BCUT2D eigenvalue weighted by molar-refractivity contribution is 4.71. The molecule has 0 aliphatic carbocycles. The Morgan fingerprint density at radius 1 is 1.86 bits per heavy atom. The summed E-state index contributed by atoms with van der Waals surface area (Å²) in [5, 5.41) is 1.40. The number of hydrazine groups is 1. The van der Waals surface area contributed by atoms with E-state index in [4.69, 9.17) is 10.6 Å². The highest BCUT2D eigenvalue weighted by atomic mass is 16.7. The second-order valence-corrected chi connectivity index (χ2v) is 1.10. The molecular formula is C3H7N3O. The molecule has 0 saturated carbocycles. The number of hydroxylamine groups is 1. The van der Waals surface area contributed by atoms with Crippen molar-refractivity contribution in [1.29, 1.82) is 0 Å². The van der Waals surface area contributed by atoms with Gasteiger partial charge in [0.05, 0.1) is 6.20 Å². The fourth-order valence-electron chi connectivity index (χ4n) is 0.344. The van der Waals surface area contributed by atoms with E-state index in [0.717, 1.165) is 0 Å². The van der Waals surface area contributed by atoms with Crippen LogP contribution in [0.25, 0.3) is 0 Å². The van der Waals surface area contributed by atoms with Crippen LogP contribution in [0.15, 0.2) is 12.5 Å². The molecular weight excluding hydrogens is 94.1 g/mol. The zero-order chi connectivity index (χ0) is 5.11. The van der Waals surface area contributed by atoms with E-state index in [2.05, 4.69) is 5.43 Å². The predicted octanol–water partition coefficient (Wildman–Crippen LogP) is -0.874. The van der Waals surface area contributed by atoms with Crippen LogP contribution in [0, 0.1) is 0 Å². The van der Waals surface area contributed by atoms with E-state index >= 15 is 0 Å². The van der Waals surface area contributed by atoms with Gasteiger partial charge in [-0.05, 0) is 5.17 Å². The second-order valence-electron chi connectivity index (χ2n) is 1.10. The molecule has 0 aromatic rings. The first-order valence-electron chi connectivity index (χ1n) is 1.99. The maximum atomic E-state index is 5.13. The number of hydrogen-bond donors (Lipinski definition) is 2. The Balaban J connectivity index is 2.22. The summed E-state index contributed by atoms with van der Waals surface area (Å²) in [6.45, 7) is 0.354. The van der Waals surface area contributed by atoms with Gasteiger partial charge >= 0.3 is 0 Å². The molecule has 0 aromatic heterocycles. The van der Waals surface area contributed by atoms with Gasteiger partial charge in [-0.2, -0.15) is 0 Å². The number of nitrogens with zero attached hydrogens (tertiary/aromatic N) is 1. The van der Waals surface area contributed by atoms with Crippen LogP contribution in [-0.2, 0) is 4.84 Å². The van der Waals surface area contributed by atoms with Crippen molar-refractivity contribution >= 4 is 0 Å². The number of hydrogen-bond acceptors (Lipinski definition) is 4. The Kier molecular flexibility index (Phi) is 1.14. The highest BCUT2D eigenvalue weighted by Gasteiger charge is 1.99. The number of nitrogens with one attached hydrogen (secondary N) is 1. The van der Waals surface area contributed by atoms with Crippen molar-refractivity contribution in [1.82, 2.24) is 10.6 Å². The lowest BCUT2D eigenvalue weighted by atomic mass is 11.0. The maximum Gasteiger partial charge on any atom is 0.131 e. The predicted molar refractivity (Wildman–Crippen MR) is 24.3 cm³/mol. The zero-order valence-corrected chi connectivity index (χ0v) is 3.79. The molecule has 0 radical (unpaired) electrons. The van der Waals surface area contributed by atoms with Gasteiger partial charge < -0.3 is 10.6 Å². The van der Waals surface area contributed by atoms with E-state index in [1.54, 1.807) is 6.20 Å². The first kappa shape index (κ1) is 4.42. The lowest BCUT2D eigenvalue weighted by molar-refractivity contribution is -0.111. The van der Waals surface area contributed by atoms with Gasteiger partial charge in [0.15, 0.2) is 0 Å². The second kappa shape index (κ2) is 1.81. The van der Waals surface area contributed by atoms with Crippen LogP contribution in [0.5, 0.6) is 0 Å². The van der Waals surface area contributed by atoms with Crippen molar-refractivity contribution in [3.63, 3.8) is 0 Å². The summed E-state index contributed by atoms with van der Waals surface area (Å²) >= 11 is 0. The van der Waals surface area contributed by atoms with Crippen LogP contribution in [0.4, 0.5) is 0 Å². The van der Waals surface area contributed by atoms with E-state index in [-0.39, 0.29) is 0 Å². The molecule has 0 aromatic carbocycles. The standard InChI is InChI=1S/C3H7N3O/c4-3-6-5-1-2-7-6/h1-2,5H,3-4H2. The average Bonchev–Trinajstić information content (AvgIpc) is 2.14. The number of rotatable bonds is 1. The van der Waals surface area contributed by atoms with Crippen LogP contribution in [-0.4, -0.2) is 11.8 Å². The molecule has 7 heavy (non-hydrogen) atoms. The molecule has 1 aliphatic rings. The lowest BCUT2D eigenvalue weighted by Crippen LogP contribution is -2.33. The Labute approximate surface area is 41.5 Å². The summed E-state index contributed by atoms with van der Waals surface area (Å²) in [6.07, 6.45) is 3.18. The van der Waals surface area contributed by atoms with Crippen molar-refractivity contribution in [2.24, 2.45) is 5.73 Å². The van der Waals surface area contributed by atoms with Crippen molar-refractivity contribution in [3.8, 4) is 0 Å². The Morgan fingerprint density at radius 3 is 3.00 bits per heavy atom. The monoisotopic (exact) mass is 101 g/mol. The molecule has 4 nitrogen and oxygen atoms in total. The highest BCUT2D eigenvalue weighted by Crippen LogP contribution is 1.88. The van der Waals surface area contributed by atoms with Crippen LogP contribution in [0.3, 0.4) is 0 Å². The molecule has 0 spiro atoms. The van der Waals surface area contributed by atoms with Gasteiger partial charge in [0.1, 0.15) is 12.9 Å². The molecule has 4 heteroatoms. The van der Waals surface area contributed by atoms with E-state index in [1.807, 2.05) is 0 Å². The first-order chi connectivity index (χ1) is 3.43. The lowest BCUT2D eigenvalue weighted by Gasteiger charge is -2.09. The molecule has 0 fully saturated rings. The minimum atomic E-state index is 0.354. The molecule has 1 rings (SSSR count). The summed E-state index contributed by atoms with van der Waals surface area (Å²) in [5.41, 5.74) is 7.84. The third-order valence-corrected chi connectivity index (χ3v) is 0.640. The van der Waals surface area contributed by atoms with E-state index in [1.165, 1.54) is 11.4 Å². The minimum absolute atomic E-state index is 0.354. The molecule has 1 heterocycles. The van der Waals surface area contributed by atoms with E-state index in [0.29, 0.717) is 6.67 Å². The van der Waals surface area contributed by atoms with Crippen LogP contribution in [0.1, 0.15) is 0 Å². The normalized spacial score (nSPS) is 19.0. The van der Waals surface area contributed by atoms with Gasteiger partial charge in [0, 0.05) is 0 Å². The van der Waals surface area contributed by atoms with E-state index < -0.39 is 0 Å². The van der Waals surface area contributed by atoms with Gasteiger partial charge in [-0.3, -0.25) is 5.43 Å². The van der Waals surface area contributed by atoms with Crippen molar-refractivity contribution in [2.45, 2.75) is 0 Å². The third-order valence-electron chi connectivity index (χ3n) is 0.640. The largest absolute Gasteiger partial charge is 0.391 e. The topological polar surface area (TPSA) is 50.5 Å². The Bertz CT molecular complexity index is 74.2. The first-order valence-corrected chi connectivity index (χ1v) is 1.99. The quantitative estimate of drug-likeness (QED) is 0.450. The number of nitrogens with two attached hydrogens (primary N) is 1. The maximum absolute atomic E-state index is 5.13. The van der Waals surface area contributed by atoms with Gasteiger partial charge in [-0.25, -0.2) is 0 Å². The van der Waals surface area contributed by atoms with Crippen LogP contribution >= 0.6 is 0 Å². The molecule has 0 unspecified atom stereocenters. The SMILES string of the molecule is NCN1NC=CO1. The van der Waals surface area contributed by atoms with Crippen molar-refractivity contribution in [2.75, 3.05) is 6.67 Å². The van der Waals surface area contributed by atoms with Gasteiger partial charge in [0.25, 0.3) is 0 Å². The summed E-state index contributed by atoms with van der Waals surface area (Å²) in [5.74, 6) is 0. The summed E-state index contributed by atoms with van der Waals surface area (Å²) in [6, 6.07) is 0. The molecule has 3 N–H and O–H groups in total.